The molecule has 0 saturated heterocycles. The second kappa shape index (κ2) is 8.46. The van der Waals surface area contributed by atoms with Crippen LogP contribution in [0.3, 0.4) is 0 Å². The molecule has 0 heterocycles. The monoisotopic (exact) mass is 350 g/mol. The number of hydrogen-bond donors (Lipinski definition) is 1. The first-order valence-electron chi connectivity index (χ1n) is 8.21. The van der Waals surface area contributed by atoms with E-state index in [2.05, 4.69) is 12.2 Å². The molecule has 8 nitrogen and oxygen atoms in total. The molecule has 8 heteroatoms. The van der Waals surface area contributed by atoms with Gasteiger partial charge in [-0.1, -0.05) is 19.8 Å². The summed E-state index contributed by atoms with van der Waals surface area (Å²) in [6.07, 6.45) is 4.23. The number of carbonyl (C=O) groups is 2. The van der Waals surface area contributed by atoms with E-state index in [4.69, 9.17) is 9.47 Å². The average Bonchev–Trinajstić information content (AvgIpc) is 2.61. The number of nitro groups is 1. The fourth-order valence-corrected chi connectivity index (χ4v) is 2.95. The number of rotatable bonds is 6. The van der Waals surface area contributed by atoms with E-state index < -0.39 is 17.5 Å². The summed E-state index contributed by atoms with van der Waals surface area (Å²) in [7, 11) is 1.30. The van der Waals surface area contributed by atoms with Gasteiger partial charge >= 0.3 is 11.7 Å². The van der Waals surface area contributed by atoms with Gasteiger partial charge in [-0.2, -0.15) is 0 Å². The number of nitrogens with zero attached hydrogens (tertiary/aromatic N) is 1. The van der Waals surface area contributed by atoms with Gasteiger partial charge in [0.25, 0.3) is 5.91 Å². The molecule has 1 fully saturated rings. The number of carbonyl (C=O) groups excluding carboxylic acids is 2. The number of nitrogens with one attached hydrogen (secondary N) is 1. The Morgan fingerprint density at radius 3 is 2.68 bits per heavy atom. The summed E-state index contributed by atoms with van der Waals surface area (Å²) in [5, 5.41) is 13.9. The lowest BCUT2D eigenvalue weighted by Crippen LogP contribution is -2.42. The third-order valence-electron chi connectivity index (χ3n) is 4.40. The Hall–Kier alpha value is -2.64. The molecule has 0 aromatic heterocycles. The fraction of sp³-hybridized carbons (Fsp3) is 0.529. The SMILES string of the molecule is COc1ccc(C(=O)OCC(=O)N[C@@H]2CCCC[C@@H]2C)cc1[N+](=O)[O-]. The molecule has 0 unspecified atom stereocenters. The molecule has 1 aromatic rings. The minimum atomic E-state index is -0.794. The highest BCUT2D eigenvalue weighted by atomic mass is 16.6. The molecule has 1 aliphatic carbocycles. The predicted octanol–water partition coefficient (Wildman–Crippen LogP) is 2.46. The number of amides is 1. The maximum absolute atomic E-state index is 12.0. The van der Waals surface area contributed by atoms with Crippen LogP contribution in [0.2, 0.25) is 0 Å². The minimum absolute atomic E-state index is 0.00802. The Balaban J connectivity index is 1.92. The van der Waals surface area contributed by atoms with Crippen molar-refractivity contribution in [3.05, 3.63) is 33.9 Å². The van der Waals surface area contributed by atoms with Crippen LogP contribution < -0.4 is 10.1 Å². The Morgan fingerprint density at radius 2 is 2.04 bits per heavy atom. The van der Waals surface area contributed by atoms with Crippen LogP contribution in [0.5, 0.6) is 5.75 Å². The van der Waals surface area contributed by atoms with Gasteiger partial charge < -0.3 is 14.8 Å². The first kappa shape index (κ1) is 18.7. The van der Waals surface area contributed by atoms with Crippen molar-refractivity contribution in [1.82, 2.24) is 5.32 Å². The second-order valence-electron chi connectivity index (χ2n) is 6.16. The van der Waals surface area contributed by atoms with E-state index in [9.17, 15) is 19.7 Å². The molecule has 0 bridgehead atoms. The van der Waals surface area contributed by atoms with Crippen LogP contribution in [0, 0.1) is 16.0 Å². The molecule has 1 aromatic carbocycles. The van der Waals surface area contributed by atoms with Crippen LogP contribution >= 0.6 is 0 Å². The lowest BCUT2D eigenvalue weighted by Gasteiger charge is -2.29. The van der Waals surface area contributed by atoms with Gasteiger partial charge in [-0.15, -0.1) is 0 Å². The zero-order chi connectivity index (χ0) is 18.4. The highest BCUT2D eigenvalue weighted by molar-refractivity contribution is 5.92. The van der Waals surface area contributed by atoms with E-state index in [0.717, 1.165) is 25.3 Å². The predicted molar refractivity (Wildman–Crippen MR) is 89.5 cm³/mol. The van der Waals surface area contributed by atoms with Crippen LogP contribution in [0.15, 0.2) is 18.2 Å². The standard InChI is InChI=1S/C17H22N2O6/c1-11-5-3-4-6-13(11)18-16(20)10-25-17(21)12-7-8-15(24-2)14(9-12)19(22)23/h7-9,11,13H,3-6,10H2,1-2H3,(H,18,20)/t11-,13+/m0/s1. The first-order chi connectivity index (χ1) is 11.9. The van der Waals surface area contributed by atoms with Crippen LogP contribution in [0.4, 0.5) is 5.69 Å². The quantitative estimate of drug-likeness (QED) is 0.480. The Labute approximate surface area is 145 Å². The van der Waals surface area contributed by atoms with Crippen molar-refractivity contribution >= 4 is 17.6 Å². The normalized spacial score (nSPS) is 19.8. The summed E-state index contributed by atoms with van der Waals surface area (Å²) >= 11 is 0. The van der Waals surface area contributed by atoms with Gasteiger partial charge in [0, 0.05) is 12.1 Å². The van der Waals surface area contributed by atoms with E-state index in [1.165, 1.54) is 25.7 Å². The lowest BCUT2D eigenvalue weighted by atomic mass is 9.86. The number of hydrogen-bond acceptors (Lipinski definition) is 6. The molecular formula is C17H22N2O6. The highest BCUT2D eigenvalue weighted by Crippen LogP contribution is 2.27. The molecule has 1 N–H and O–H groups in total. The summed E-state index contributed by atoms with van der Waals surface area (Å²) in [6, 6.07) is 3.85. The Bertz CT molecular complexity index is 661. The summed E-state index contributed by atoms with van der Waals surface area (Å²) in [5.41, 5.74) is -0.344. The molecule has 2 rings (SSSR count). The van der Waals surface area contributed by atoms with Gasteiger partial charge in [0.05, 0.1) is 17.6 Å². The molecule has 1 aliphatic rings. The largest absolute Gasteiger partial charge is 0.490 e. The number of benzene rings is 1. The van der Waals surface area contributed by atoms with Crippen molar-refractivity contribution in [2.45, 2.75) is 38.6 Å². The number of nitro benzene ring substituents is 1. The van der Waals surface area contributed by atoms with E-state index in [1.807, 2.05) is 0 Å². The van der Waals surface area contributed by atoms with Crippen LogP contribution in [0.25, 0.3) is 0 Å². The number of esters is 1. The van der Waals surface area contributed by atoms with Crippen LogP contribution in [-0.2, 0) is 9.53 Å². The molecule has 0 radical (unpaired) electrons. The van der Waals surface area contributed by atoms with Gasteiger partial charge in [0.1, 0.15) is 0 Å². The summed E-state index contributed by atoms with van der Waals surface area (Å²) in [6.45, 7) is 1.68. The van der Waals surface area contributed by atoms with Gasteiger partial charge in [0.15, 0.2) is 12.4 Å². The van der Waals surface area contributed by atoms with Gasteiger partial charge in [-0.25, -0.2) is 4.79 Å². The van der Waals surface area contributed by atoms with Gasteiger partial charge in [-0.05, 0) is 30.9 Å². The molecular weight excluding hydrogens is 328 g/mol. The second-order valence-corrected chi connectivity index (χ2v) is 6.16. The molecule has 0 spiro atoms. The molecule has 1 saturated carbocycles. The third kappa shape index (κ3) is 4.91. The maximum Gasteiger partial charge on any atom is 0.338 e. The molecule has 2 atom stereocenters. The van der Waals surface area contributed by atoms with Gasteiger partial charge in [-0.3, -0.25) is 14.9 Å². The maximum atomic E-state index is 12.0. The first-order valence-corrected chi connectivity index (χ1v) is 8.21. The fourth-order valence-electron chi connectivity index (χ4n) is 2.95. The summed E-state index contributed by atoms with van der Waals surface area (Å²) in [5.74, 6) is -0.712. The van der Waals surface area contributed by atoms with E-state index >= 15 is 0 Å². The van der Waals surface area contributed by atoms with Crippen molar-refractivity contribution in [3.63, 3.8) is 0 Å². The molecule has 136 valence electrons. The van der Waals surface area contributed by atoms with E-state index in [-0.39, 0.29) is 28.9 Å². The zero-order valence-electron chi connectivity index (χ0n) is 14.3. The smallest absolute Gasteiger partial charge is 0.338 e. The lowest BCUT2D eigenvalue weighted by molar-refractivity contribution is -0.385. The Kier molecular flexibility index (Phi) is 6.32. The molecule has 1 amide bonds. The molecule has 0 aliphatic heterocycles. The zero-order valence-corrected chi connectivity index (χ0v) is 14.3. The summed E-state index contributed by atoms with van der Waals surface area (Å²) < 4.78 is 9.84. The van der Waals surface area contributed by atoms with E-state index in [0.29, 0.717) is 5.92 Å². The van der Waals surface area contributed by atoms with Crippen molar-refractivity contribution in [2.24, 2.45) is 5.92 Å². The Morgan fingerprint density at radius 1 is 1.32 bits per heavy atom. The third-order valence-corrected chi connectivity index (χ3v) is 4.40. The van der Waals surface area contributed by atoms with Crippen molar-refractivity contribution < 1.29 is 24.0 Å². The van der Waals surface area contributed by atoms with Gasteiger partial charge in [0.2, 0.25) is 0 Å². The van der Waals surface area contributed by atoms with Crippen molar-refractivity contribution in [1.29, 1.82) is 0 Å². The minimum Gasteiger partial charge on any atom is -0.490 e. The summed E-state index contributed by atoms with van der Waals surface area (Å²) in [4.78, 5) is 34.3. The van der Waals surface area contributed by atoms with Crippen LogP contribution in [-0.4, -0.2) is 36.6 Å². The van der Waals surface area contributed by atoms with Crippen molar-refractivity contribution in [3.8, 4) is 5.75 Å². The highest BCUT2D eigenvalue weighted by Gasteiger charge is 2.24. The van der Waals surface area contributed by atoms with Crippen LogP contribution in [0.1, 0.15) is 43.0 Å². The van der Waals surface area contributed by atoms with E-state index in [1.54, 1.807) is 0 Å². The number of ether oxygens (including phenoxy) is 2. The number of methoxy groups -OCH3 is 1. The van der Waals surface area contributed by atoms with Crippen molar-refractivity contribution in [2.75, 3.05) is 13.7 Å². The average molecular weight is 350 g/mol. The topological polar surface area (TPSA) is 108 Å². The molecule has 25 heavy (non-hydrogen) atoms.